The van der Waals surface area contributed by atoms with Crippen LogP contribution in [0.3, 0.4) is 0 Å². The van der Waals surface area contributed by atoms with Crippen molar-refractivity contribution in [2.24, 2.45) is 0 Å². The van der Waals surface area contributed by atoms with Gasteiger partial charge in [-0.3, -0.25) is 4.79 Å². The highest BCUT2D eigenvalue weighted by Gasteiger charge is 2.22. The molecule has 2 aromatic rings. The molecule has 1 heterocycles. The number of rotatable bonds is 4. The van der Waals surface area contributed by atoms with Gasteiger partial charge in [0.1, 0.15) is 5.60 Å². The fraction of sp³-hybridized carbons (Fsp3) is 0.412. The third kappa shape index (κ3) is 4.92. The van der Waals surface area contributed by atoms with Crippen LogP contribution < -0.4 is 0 Å². The second-order valence-electron chi connectivity index (χ2n) is 6.28. The van der Waals surface area contributed by atoms with Gasteiger partial charge in [-0.05, 0) is 42.8 Å². The lowest BCUT2D eigenvalue weighted by molar-refractivity contribution is -0.140. The number of hydrogen-bond donors (Lipinski definition) is 0. The Hall–Kier alpha value is -1.18. The van der Waals surface area contributed by atoms with E-state index in [2.05, 4.69) is 20.7 Å². The van der Waals surface area contributed by atoms with Crippen molar-refractivity contribution in [2.75, 3.05) is 12.9 Å². The zero-order chi connectivity index (χ0) is 18.8. The summed E-state index contributed by atoms with van der Waals surface area (Å²) in [5.41, 5.74) is -0.0367. The summed E-state index contributed by atoms with van der Waals surface area (Å²) in [6, 6.07) is 3.75. The molecule has 0 aliphatic heterocycles. The number of thioether (sulfide) groups is 1. The van der Waals surface area contributed by atoms with Gasteiger partial charge in [-0.1, -0.05) is 17.7 Å². The van der Waals surface area contributed by atoms with Crippen molar-refractivity contribution in [1.29, 1.82) is 0 Å². The quantitative estimate of drug-likeness (QED) is 0.457. The van der Waals surface area contributed by atoms with Crippen molar-refractivity contribution in [3.05, 3.63) is 27.8 Å². The van der Waals surface area contributed by atoms with Crippen molar-refractivity contribution in [3.63, 3.8) is 0 Å². The number of esters is 1. The summed E-state index contributed by atoms with van der Waals surface area (Å²) in [5.74, 6) is 0.260. The van der Waals surface area contributed by atoms with E-state index in [4.69, 9.17) is 16.3 Å². The highest BCUT2D eigenvalue weighted by Crippen LogP contribution is 2.38. The molecular formula is C17H19BrClNO4S. The Labute approximate surface area is 164 Å². The van der Waals surface area contributed by atoms with Crippen LogP contribution >= 0.6 is 39.3 Å². The maximum Gasteiger partial charge on any atom is 0.419 e. The minimum Gasteiger partial charge on any atom is -0.469 e. The molecule has 0 saturated heterocycles. The Morgan fingerprint density at radius 2 is 2.00 bits per heavy atom. The van der Waals surface area contributed by atoms with Gasteiger partial charge in [0.05, 0.1) is 24.1 Å². The third-order valence-electron chi connectivity index (χ3n) is 3.20. The summed E-state index contributed by atoms with van der Waals surface area (Å²) in [6.45, 7) is 5.42. The average Bonchev–Trinajstić information content (AvgIpc) is 2.85. The standard InChI is InChI=1S/C17H19BrClNO4S/c1-17(2,3)24-16(22)20-9-11(18)10-5-6-12(14(19)15(10)20)25-8-7-13(21)23-4/h5-6,9H,7-8H2,1-4H3. The summed E-state index contributed by atoms with van der Waals surface area (Å²) in [7, 11) is 1.36. The summed E-state index contributed by atoms with van der Waals surface area (Å²) >= 11 is 11.4. The number of aromatic nitrogens is 1. The van der Waals surface area contributed by atoms with E-state index >= 15 is 0 Å². The van der Waals surface area contributed by atoms with Gasteiger partial charge >= 0.3 is 12.1 Å². The molecule has 136 valence electrons. The molecule has 25 heavy (non-hydrogen) atoms. The molecule has 2 rings (SSSR count). The van der Waals surface area contributed by atoms with Crippen LogP contribution in [0.15, 0.2) is 27.7 Å². The highest BCUT2D eigenvalue weighted by molar-refractivity contribution is 9.10. The van der Waals surface area contributed by atoms with Gasteiger partial charge in [0.25, 0.3) is 0 Å². The SMILES string of the molecule is COC(=O)CCSc1ccc2c(Br)cn(C(=O)OC(C)(C)C)c2c1Cl. The van der Waals surface area contributed by atoms with Crippen LogP contribution in [0.1, 0.15) is 27.2 Å². The number of ether oxygens (including phenoxy) is 2. The molecule has 0 fully saturated rings. The van der Waals surface area contributed by atoms with Crippen LogP contribution in [-0.4, -0.2) is 35.1 Å². The molecule has 0 aliphatic rings. The minimum atomic E-state index is -0.612. The molecule has 1 aromatic carbocycles. The number of hydrogen-bond acceptors (Lipinski definition) is 5. The third-order valence-corrected chi connectivity index (χ3v) is 5.39. The minimum absolute atomic E-state index is 0.274. The van der Waals surface area contributed by atoms with E-state index < -0.39 is 11.7 Å². The smallest absolute Gasteiger partial charge is 0.419 e. The monoisotopic (exact) mass is 447 g/mol. The predicted octanol–water partition coefficient (Wildman–Crippen LogP) is 5.50. The maximum absolute atomic E-state index is 12.5. The fourth-order valence-corrected chi connectivity index (χ4v) is 3.96. The summed E-state index contributed by atoms with van der Waals surface area (Å²) in [4.78, 5) is 24.5. The number of fused-ring (bicyclic) bond motifs is 1. The van der Waals surface area contributed by atoms with E-state index in [1.54, 1.807) is 27.0 Å². The van der Waals surface area contributed by atoms with Crippen LogP contribution in [0.2, 0.25) is 5.02 Å². The van der Waals surface area contributed by atoms with Gasteiger partial charge in [-0.25, -0.2) is 9.36 Å². The van der Waals surface area contributed by atoms with Gasteiger partial charge in [0.15, 0.2) is 0 Å². The first-order valence-corrected chi connectivity index (χ1v) is 9.71. The van der Waals surface area contributed by atoms with E-state index in [0.29, 0.717) is 16.3 Å². The van der Waals surface area contributed by atoms with Crippen LogP contribution in [0.4, 0.5) is 4.79 Å². The van der Waals surface area contributed by atoms with Crippen molar-refractivity contribution in [2.45, 2.75) is 37.7 Å². The maximum atomic E-state index is 12.5. The average molecular weight is 449 g/mol. The second-order valence-corrected chi connectivity index (χ2v) is 8.64. The molecule has 5 nitrogen and oxygen atoms in total. The number of nitrogens with zero attached hydrogens (tertiary/aromatic N) is 1. The highest BCUT2D eigenvalue weighted by atomic mass is 79.9. The Bertz CT molecular complexity index is 813. The van der Waals surface area contributed by atoms with Crippen LogP contribution in [0.5, 0.6) is 0 Å². The van der Waals surface area contributed by atoms with Crippen molar-refractivity contribution in [1.82, 2.24) is 4.57 Å². The van der Waals surface area contributed by atoms with Crippen molar-refractivity contribution < 1.29 is 19.1 Å². The largest absolute Gasteiger partial charge is 0.469 e. The Morgan fingerprint density at radius 3 is 2.60 bits per heavy atom. The molecule has 0 atom stereocenters. The Kier molecular flexibility index (Phi) is 6.45. The normalized spacial score (nSPS) is 11.6. The van der Waals surface area contributed by atoms with E-state index in [-0.39, 0.29) is 12.4 Å². The molecule has 0 bridgehead atoms. The molecule has 0 amide bonds. The Balaban J connectivity index is 2.36. The van der Waals surface area contributed by atoms with Gasteiger partial charge in [0.2, 0.25) is 0 Å². The van der Waals surface area contributed by atoms with Crippen LogP contribution in [-0.2, 0) is 14.3 Å². The van der Waals surface area contributed by atoms with Crippen LogP contribution in [0.25, 0.3) is 10.9 Å². The Morgan fingerprint density at radius 1 is 1.32 bits per heavy atom. The molecule has 0 aliphatic carbocycles. The molecule has 0 saturated carbocycles. The molecule has 0 unspecified atom stereocenters. The zero-order valence-electron chi connectivity index (χ0n) is 14.4. The van der Waals surface area contributed by atoms with Gasteiger partial charge < -0.3 is 9.47 Å². The lowest BCUT2D eigenvalue weighted by Crippen LogP contribution is -2.26. The summed E-state index contributed by atoms with van der Waals surface area (Å²) in [6.07, 6.45) is 1.43. The number of halogens is 2. The van der Waals surface area contributed by atoms with E-state index in [1.165, 1.54) is 23.4 Å². The lowest BCUT2D eigenvalue weighted by Gasteiger charge is -2.20. The van der Waals surface area contributed by atoms with Gasteiger partial charge in [0, 0.05) is 26.7 Å². The summed E-state index contributed by atoms with van der Waals surface area (Å²) in [5, 5.41) is 1.26. The zero-order valence-corrected chi connectivity index (χ0v) is 17.5. The fourth-order valence-electron chi connectivity index (χ4n) is 2.13. The van der Waals surface area contributed by atoms with Crippen molar-refractivity contribution in [3.8, 4) is 0 Å². The van der Waals surface area contributed by atoms with Crippen LogP contribution in [0, 0.1) is 0 Å². The first kappa shape index (κ1) is 20.1. The number of carbonyl (C=O) groups excluding carboxylic acids is 2. The van der Waals surface area contributed by atoms with Gasteiger partial charge in [-0.15, -0.1) is 11.8 Å². The topological polar surface area (TPSA) is 57.5 Å². The predicted molar refractivity (Wildman–Crippen MR) is 104 cm³/mol. The molecule has 0 N–H and O–H groups in total. The molecule has 0 radical (unpaired) electrons. The van der Waals surface area contributed by atoms with Gasteiger partial charge in [-0.2, -0.15) is 0 Å². The number of benzene rings is 1. The molecule has 1 aromatic heterocycles. The van der Waals surface area contributed by atoms with E-state index in [9.17, 15) is 9.59 Å². The second kappa shape index (κ2) is 8.01. The first-order valence-electron chi connectivity index (χ1n) is 7.56. The van der Waals surface area contributed by atoms with Crippen molar-refractivity contribution >= 4 is 62.3 Å². The molecular weight excluding hydrogens is 430 g/mol. The van der Waals surface area contributed by atoms with E-state index in [0.717, 1.165) is 14.8 Å². The lowest BCUT2D eigenvalue weighted by atomic mass is 10.2. The molecule has 8 heteroatoms. The van der Waals surface area contributed by atoms with E-state index in [1.807, 2.05) is 12.1 Å². The number of carbonyl (C=O) groups is 2. The molecule has 0 spiro atoms. The summed E-state index contributed by atoms with van der Waals surface area (Å²) < 4.78 is 12.2. The number of methoxy groups -OCH3 is 1. The first-order chi connectivity index (χ1) is 11.6.